The van der Waals surface area contributed by atoms with Crippen LogP contribution >= 0.6 is 15.9 Å². The van der Waals surface area contributed by atoms with Crippen molar-refractivity contribution in [2.45, 2.75) is 38.6 Å². The van der Waals surface area contributed by atoms with E-state index in [-0.39, 0.29) is 6.04 Å². The summed E-state index contributed by atoms with van der Waals surface area (Å²) in [6.45, 7) is 2.00. The summed E-state index contributed by atoms with van der Waals surface area (Å²) in [4.78, 5) is 4.54. The van der Waals surface area contributed by atoms with E-state index in [1.54, 1.807) is 0 Å². The Morgan fingerprint density at radius 3 is 2.84 bits per heavy atom. The molecule has 0 radical (unpaired) electrons. The molecule has 0 aliphatic heterocycles. The van der Waals surface area contributed by atoms with Gasteiger partial charge in [-0.25, -0.2) is 4.98 Å². The van der Waals surface area contributed by atoms with Crippen molar-refractivity contribution in [1.82, 2.24) is 9.55 Å². The highest BCUT2D eigenvalue weighted by molar-refractivity contribution is 9.10. The van der Waals surface area contributed by atoms with Gasteiger partial charge in [-0.3, -0.25) is 0 Å². The molecule has 1 aliphatic carbocycles. The summed E-state index contributed by atoms with van der Waals surface area (Å²) >= 11 is 3.62. The minimum atomic E-state index is 0.0418. The zero-order chi connectivity index (χ0) is 13.4. The summed E-state index contributed by atoms with van der Waals surface area (Å²) in [6, 6.07) is 6.40. The number of fused-ring (bicyclic) bond motifs is 1. The van der Waals surface area contributed by atoms with Crippen LogP contribution in [0.5, 0.6) is 0 Å². The largest absolute Gasteiger partial charge is 0.324 e. The van der Waals surface area contributed by atoms with Crippen molar-refractivity contribution < 1.29 is 0 Å². The maximum absolute atomic E-state index is 5.94. The van der Waals surface area contributed by atoms with Gasteiger partial charge < -0.3 is 10.3 Å². The predicted octanol–water partition coefficient (Wildman–Crippen LogP) is 3.53. The van der Waals surface area contributed by atoms with E-state index < -0.39 is 0 Å². The monoisotopic (exact) mass is 319 g/mol. The summed E-state index contributed by atoms with van der Waals surface area (Å²) in [5, 5.41) is 0. The third-order valence-corrected chi connectivity index (χ3v) is 4.47. The van der Waals surface area contributed by atoms with E-state index in [1.165, 1.54) is 24.2 Å². The van der Waals surface area contributed by atoms with E-state index in [1.807, 2.05) is 13.3 Å². The molecule has 2 N–H and O–H groups in total. The topological polar surface area (TPSA) is 43.8 Å². The first-order valence-electron chi connectivity index (χ1n) is 6.77. The van der Waals surface area contributed by atoms with E-state index in [9.17, 15) is 0 Å². The minimum absolute atomic E-state index is 0.0418. The number of hydrogen-bond donors (Lipinski definition) is 1. The number of rotatable bonds is 2. The zero-order valence-corrected chi connectivity index (χ0v) is 12.7. The molecular weight excluding hydrogens is 302 g/mol. The molecule has 19 heavy (non-hydrogen) atoms. The van der Waals surface area contributed by atoms with Crippen molar-refractivity contribution in [3.63, 3.8) is 0 Å². The molecule has 0 spiro atoms. The van der Waals surface area contributed by atoms with Gasteiger partial charge in [0, 0.05) is 21.9 Å². The normalized spacial score (nSPS) is 16.2. The Hall–Kier alpha value is -1.13. The highest BCUT2D eigenvalue weighted by atomic mass is 79.9. The first-order chi connectivity index (χ1) is 9.16. The van der Waals surface area contributed by atoms with Crippen molar-refractivity contribution in [2.24, 2.45) is 5.73 Å². The summed E-state index contributed by atoms with van der Waals surface area (Å²) in [5.41, 5.74) is 10.9. The summed E-state index contributed by atoms with van der Waals surface area (Å²) < 4.78 is 3.28. The number of benzene rings is 1. The van der Waals surface area contributed by atoms with E-state index in [0.717, 1.165) is 28.6 Å². The fourth-order valence-electron chi connectivity index (χ4n) is 2.73. The molecular formula is C15H18BrN3. The van der Waals surface area contributed by atoms with Gasteiger partial charge in [0.05, 0.1) is 12.0 Å². The zero-order valence-electron chi connectivity index (χ0n) is 11.1. The van der Waals surface area contributed by atoms with Crippen LogP contribution in [0.25, 0.3) is 5.69 Å². The maximum atomic E-state index is 5.94. The number of halogens is 1. The van der Waals surface area contributed by atoms with Crippen LogP contribution in [0, 0.1) is 0 Å². The molecule has 0 bridgehead atoms. The van der Waals surface area contributed by atoms with Gasteiger partial charge in [0.2, 0.25) is 0 Å². The van der Waals surface area contributed by atoms with Gasteiger partial charge in [-0.1, -0.05) is 22.0 Å². The molecule has 100 valence electrons. The van der Waals surface area contributed by atoms with E-state index in [0.29, 0.717) is 0 Å². The van der Waals surface area contributed by atoms with Gasteiger partial charge in [-0.05, 0) is 50.3 Å². The second-order valence-electron chi connectivity index (χ2n) is 5.21. The molecule has 4 heteroatoms. The second-order valence-corrected chi connectivity index (χ2v) is 6.06. The highest BCUT2D eigenvalue weighted by Gasteiger charge is 2.16. The first kappa shape index (κ1) is 12.9. The van der Waals surface area contributed by atoms with Gasteiger partial charge >= 0.3 is 0 Å². The molecule has 3 nitrogen and oxygen atoms in total. The van der Waals surface area contributed by atoms with Gasteiger partial charge in [-0.2, -0.15) is 0 Å². The van der Waals surface area contributed by atoms with Crippen LogP contribution in [-0.4, -0.2) is 9.55 Å². The number of nitrogens with zero attached hydrogens (tertiary/aromatic N) is 2. The molecule has 1 aromatic heterocycles. The molecule has 0 amide bonds. The lowest BCUT2D eigenvalue weighted by molar-refractivity contribution is 0.656. The number of nitrogens with two attached hydrogens (primary N) is 1. The Balaban J connectivity index is 2.03. The number of hydrogen-bond acceptors (Lipinski definition) is 2. The molecule has 1 aliphatic rings. The van der Waals surface area contributed by atoms with Crippen LogP contribution in [-0.2, 0) is 12.8 Å². The maximum Gasteiger partial charge on any atom is 0.0997 e. The van der Waals surface area contributed by atoms with Gasteiger partial charge in [0.25, 0.3) is 0 Å². The van der Waals surface area contributed by atoms with Crippen molar-refractivity contribution in [3.8, 4) is 5.69 Å². The molecule has 0 saturated carbocycles. The quantitative estimate of drug-likeness (QED) is 0.920. The molecule has 0 fully saturated rings. The average molecular weight is 320 g/mol. The van der Waals surface area contributed by atoms with Crippen LogP contribution in [0.4, 0.5) is 0 Å². The molecule has 2 aromatic rings. The van der Waals surface area contributed by atoms with Gasteiger partial charge in [0.1, 0.15) is 0 Å². The van der Waals surface area contributed by atoms with E-state index in [4.69, 9.17) is 5.73 Å². The first-order valence-corrected chi connectivity index (χ1v) is 7.56. The molecule has 0 saturated heterocycles. The number of aromatic nitrogens is 2. The molecule has 3 rings (SSSR count). The fraction of sp³-hybridized carbons (Fsp3) is 0.400. The minimum Gasteiger partial charge on any atom is -0.324 e. The highest BCUT2D eigenvalue weighted by Crippen LogP contribution is 2.28. The standard InChI is InChI=1S/C15H18BrN3/c1-10(17)12-7-6-11(8-13(12)16)19-9-18-14-4-2-3-5-15(14)19/h6-10H,2-5,17H2,1H3/t10-/m1/s1. The average Bonchev–Trinajstić information content (AvgIpc) is 2.82. The third kappa shape index (κ3) is 2.35. The molecule has 1 aromatic carbocycles. The predicted molar refractivity (Wildman–Crippen MR) is 80.5 cm³/mol. The molecule has 1 atom stereocenters. The Bertz CT molecular complexity index is 601. The van der Waals surface area contributed by atoms with Crippen molar-refractivity contribution >= 4 is 15.9 Å². The van der Waals surface area contributed by atoms with Gasteiger partial charge in [0.15, 0.2) is 0 Å². The SMILES string of the molecule is C[C@@H](N)c1ccc(-n2cnc3c2CCCC3)cc1Br. The molecule has 1 heterocycles. The smallest absolute Gasteiger partial charge is 0.0997 e. The van der Waals surface area contributed by atoms with Crippen LogP contribution in [0.1, 0.15) is 42.8 Å². The Kier molecular flexibility index (Phi) is 3.46. The lowest BCUT2D eigenvalue weighted by Crippen LogP contribution is -2.08. The lowest BCUT2D eigenvalue weighted by Gasteiger charge is -2.15. The fourth-order valence-corrected chi connectivity index (χ4v) is 3.45. The van der Waals surface area contributed by atoms with E-state index >= 15 is 0 Å². The van der Waals surface area contributed by atoms with Crippen molar-refractivity contribution in [3.05, 3.63) is 46.0 Å². The van der Waals surface area contributed by atoms with Gasteiger partial charge in [-0.15, -0.1) is 0 Å². The van der Waals surface area contributed by atoms with Crippen LogP contribution in [0.3, 0.4) is 0 Å². The second kappa shape index (κ2) is 5.10. The van der Waals surface area contributed by atoms with Crippen LogP contribution in [0.2, 0.25) is 0 Å². The van der Waals surface area contributed by atoms with Crippen molar-refractivity contribution in [2.75, 3.05) is 0 Å². The third-order valence-electron chi connectivity index (χ3n) is 3.78. The summed E-state index contributed by atoms with van der Waals surface area (Å²) in [7, 11) is 0. The number of aryl methyl sites for hydroxylation is 1. The lowest BCUT2D eigenvalue weighted by atomic mass is 10.0. The summed E-state index contributed by atoms with van der Waals surface area (Å²) in [5.74, 6) is 0. The Morgan fingerprint density at radius 2 is 2.11 bits per heavy atom. The Morgan fingerprint density at radius 1 is 1.32 bits per heavy atom. The number of imidazole rings is 1. The molecule has 0 unspecified atom stereocenters. The van der Waals surface area contributed by atoms with Crippen LogP contribution < -0.4 is 5.73 Å². The Labute approximate surface area is 122 Å². The van der Waals surface area contributed by atoms with Crippen molar-refractivity contribution in [1.29, 1.82) is 0 Å². The van der Waals surface area contributed by atoms with Crippen LogP contribution in [0.15, 0.2) is 29.0 Å². The van der Waals surface area contributed by atoms with E-state index in [2.05, 4.69) is 43.7 Å². The summed E-state index contributed by atoms with van der Waals surface area (Å²) in [6.07, 6.45) is 6.71.